The zero-order valence-corrected chi connectivity index (χ0v) is 10.1. The Hall–Kier alpha value is -0.240. The Morgan fingerprint density at radius 2 is 1.11 bits per heavy atom. The predicted octanol–water partition coefficient (Wildman–Crippen LogP) is -1.11. The molecule has 2 aliphatic carbocycles. The Balaban J connectivity index is 1.82. The van der Waals surface area contributed by atoms with Crippen molar-refractivity contribution in [2.24, 2.45) is 0 Å². The highest BCUT2D eigenvalue weighted by Gasteiger charge is 2.59. The maximum absolute atomic E-state index is 9.92. The zero-order valence-electron chi connectivity index (χ0n) is 10.1. The summed E-state index contributed by atoms with van der Waals surface area (Å²) in [7, 11) is 0. The molecule has 0 unspecified atom stereocenters. The van der Waals surface area contributed by atoms with Crippen LogP contribution in [0.25, 0.3) is 0 Å². The number of fused-ring (bicyclic) bond motifs is 1. The van der Waals surface area contributed by atoms with E-state index in [2.05, 4.69) is 0 Å². The smallest absolute Gasteiger partial charge is 0.169 e. The van der Waals surface area contributed by atoms with Crippen molar-refractivity contribution in [2.75, 3.05) is 0 Å². The SMILES string of the molecule is O[C@@H]1[C@H](O)[C@@H](O)[C@@H]2OC3(CCCCC3)O[C@@H]2[C@H]1O. The van der Waals surface area contributed by atoms with E-state index in [1.807, 2.05) is 0 Å². The summed E-state index contributed by atoms with van der Waals surface area (Å²) in [6, 6.07) is 0. The van der Waals surface area contributed by atoms with Crippen LogP contribution >= 0.6 is 0 Å². The van der Waals surface area contributed by atoms with E-state index >= 15 is 0 Å². The third-order valence-electron chi connectivity index (χ3n) is 4.36. The molecule has 3 fully saturated rings. The molecule has 18 heavy (non-hydrogen) atoms. The monoisotopic (exact) mass is 260 g/mol. The summed E-state index contributed by atoms with van der Waals surface area (Å²) in [4.78, 5) is 0. The lowest BCUT2D eigenvalue weighted by atomic mass is 9.85. The highest BCUT2D eigenvalue weighted by atomic mass is 16.8. The van der Waals surface area contributed by atoms with E-state index in [4.69, 9.17) is 9.47 Å². The largest absolute Gasteiger partial charge is 0.387 e. The highest BCUT2D eigenvalue weighted by molar-refractivity contribution is 5.04. The third-order valence-corrected chi connectivity index (χ3v) is 4.36. The van der Waals surface area contributed by atoms with E-state index in [0.29, 0.717) is 0 Å². The molecule has 0 radical (unpaired) electrons. The van der Waals surface area contributed by atoms with Gasteiger partial charge in [0, 0.05) is 12.8 Å². The maximum Gasteiger partial charge on any atom is 0.169 e. The lowest BCUT2D eigenvalue weighted by molar-refractivity contribution is -0.203. The average molecular weight is 260 g/mol. The van der Waals surface area contributed by atoms with Gasteiger partial charge in [-0.1, -0.05) is 6.42 Å². The second kappa shape index (κ2) is 4.40. The van der Waals surface area contributed by atoms with Gasteiger partial charge in [0.25, 0.3) is 0 Å². The molecule has 0 aromatic heterocycles. The van der Waals surface area contributed by atoms with Crippen LogP contribution in [0.4, 0.5) is 0 Å². The lowest BCUT2D eigenvalue weighted by Gasteiger charge is -2.38. The Morgan fingerprint density at radius 3 is 1.56 bits per heavy atom. The van der Waals surface area contributed by atoms with Gasteiger partial charge in [0.05, 0.1) is 0 Å². The molecule has 3 rings (SSSR count). The van der Waals surface area contributed by atoms with Gasteiger partial charge in [0.15, 0.2) is 5.79 Å². The van der Waals surface area contributed by atoms with Crippen LogP contribution in [-0.2, 0) is 9.47 Å². The quantitative estimate of drug-likeness (QED) is 0.441. The second-order valence-electron chi connectivity index (χ2n) is 5.60. The van der Waals surface area contributed by atoms with E-state index < -0.39 is 42.4 Å². The Kier molecular flexibility index (Phi) is 3.12. The van der Waals surface area contributed by atoms with E-state index in [9.17, 15) is 20.4 Å². The molecule has 104 valence electrons. The van der Waals surface area contributed by atoms with Gasteiger partial charge in [-0.3, -0.25) is 0 Å². The molecule has 6 nitrogen and oxygen atoms in total. The number of hydrogen-bond acceptors (Lipinski definition) is 6. The van der Waals surface area contributed by atoms with Crippen LogP contribution in [0, 0.1) is 0 Å². The fourth-order valence-electron chi connectivity index (χ4n) is 3.30. The first kappa shape index (κ1) is 12.8. The fraction of sp³-hybridized carbons (Fsp3) is 1.00. The van der Waals surface area contributed by atoms with Gasteiger partial charge < -0.3 is 29.9 Å². The van der Waals surface area contributed by atoms with Crippen molar-refractivity contribution in [1.82, 2.24) is 0 Å². The van der Waals surface area contributed by atoms with Gasteiger partial charge in [-0.2, -0.15) is 0 Å². The van der Waals surface area contributed by atoms with Gasteiger partial charge in [-0.05, 0) is 12.8 Å². The molecule has 1 saturated heterocycles. The van der Waals surface area contributed by atoms with E-state index in [1.165, 1.54) is 0 Å². The molecule has 0 bridgehead atoms. The minimum Gasteiger partial charge on any atom is -0.387 e. The average Bonchev–Trinajstić information content (AvgIpc) is 2.74. The van der Waals surface area contributed by atoms with Crippen LogP contribution in [-0.4, -0.2) is 62.8 Å². The molecule has 1 aliphatic heterocycles. The van der Waals surface area contributed by atoms with Gasteiger partial charge in [-0.25, -0.2) is 0 Å². The topological polar surface area (TPSA) is 99.4 Å². The van der Waals surface area contributed by atoms with Crippen molar-refractivity contribution < 1.29 is 29.9 Å². The molecule has 2 saturated carbocycles. The number of aliphatic hydroxyl groups is 4. The van der Waals surface area contributed by atoms with Gasteiger partial charge in [-0.15, -0.1) is 0 Å². The molecular formula is C12H20O6. The summed E-state index contributed by atoms with van der Waals surface area (Å²) >= 11 is 0. The number of aliphatic hydroxyl groups excluding tert-OH is 4. The van der Waals surface area contributed by atoms with Crippen molar-refractivity contribution in [3.05, 3.63) is 0 Å². The fourth-order valence-corrected chi connectivity index (χ4v) is 3.30. The lowest BCUT2D eigenvalue weighted by Crippen LogP contribution is -2.62. The van der Waals surface area contributed by atoms with Crippen LogP contribution in [0.3, 0.4) is 0 Å². The molecule has 6 heteroatoms. The van der Waals surface area contributed by atoms with Gasteiger partial charge in [0.1, 0.15) is 36.6 Å². The van der Waals surface area contributed by atoms with Crippen LogP contribution < -0.4 is 0 Å². The Labute approximate surface area is 105 Å². The number of ether oxygens (including phenoxy) is 2. The summed E-state index contributed by atoms with van der Waals surface area (Å²) < 4.78 is 11.6. The Morgan fingerprint density at radius 1 is 0.667 bits per heavy atom. The molecule has 1 spiro atoms. The van der Waals surface area contributed by atoms with Crippen molar-refractivity contribution in [3.8, 4) is 0 Å². The molecular weight excluding hydrogens is 240 g/mol. The van der Waals surface area contributed by atoms with Crippen LogP contribution in [0.15, 0.2) is 0 Å². The first-order chi connectivity index (χ1) is 8.54. The summed E-state index contributed by atoms with van der Waals surface area (Å²) in [5, 5.41) is 39.2. The minimum absolute atomic E-state index is 0.728. The van der Waals surface area contributed by atoms with Crippen molar-refractivity contribution in [2.45, 2.75) is 74.5 Å². The van der Waals surface area contributed by atoms with Crippen molar-refractivity contribution in [3.63, 3.8) is 0 Å². The third kappa shape index (κ3) is 1.79. The minimum atomic E-state index is -1.40. The second-order valence-corrected chi connectivity index (χ2v) is 5.60. The Bertz CT molecular complexity index is 292. The van der Waals surface area contributed by atoms with Crippen molar-refractivity contribution >= 4 is 0 Å². The first-order valence-corrected chi connectivity index (χ1v) is 6.62. The normalized spacial score (nSPS) is 51.3. The van der Waals surface area contributed by atoms with Gasteiger partial charge in [0.2, 0.25) is 0 Å². The van der Waals surface area contributed by atoms with Crippen LogP contribution in [0.2, 0.25) is 0 Å². The molecule has 4 N–H and O–H groups in total. The molecule has 0 amide bonds. The maximum atomic E-state index is 9.92. The molecule has 6 atom stereocenters. The van der Waals surface area contributed by atoms with E-state index in [-0.39, 0.29) is 0 Å². The zero-order chi connectivity index (χ0) is 12.9. The summed E-state index contributed by atoms with van der Waals surface area (Å²) in [5.74, 6) is -0.751. The summed E-state index contributed by atoms with van der Waals surface area (Å²) in [6.45, 7) is 0. The summed E-state index contributed by atoms with van der Waals surface area (Å²) in [5.41, 5.74) is 0. The van der Waals surface area contributed by atoms with Crippen LogP contribution in [0.5, 0.6) is 0 Å². The molecule has 0 aromatic carbocycles. The number of hydrogen-bond donors (Lipinski definition) is 4. The molecule has 3 aliphatic rings. The predicted molar refractivity (Wildman–Crippen MR) is 59.6 cm³/mol. The standard InChI is InChI=1S/C12H20O6/c13-6-7(14)9(16)11-10(8(6)15)17-12(18-11)4-2-1-3-5-12/h6-11,13-16H,1-5H2/t6-,7+,8+,9-,10-,11+. The van der Waals surface area contributed by atoms with E-state index in [1.54, 1.807) is 0 Å². The van der Waals surface area contributed by atoms with Gasteiger partial charge >= 0.3 is 0 Å². The number of rotatable bonds is 0. The highest BCUT2D eigenvalue weighted by Crippen LogP contribution is 2.44. The molecule has 1 heterocycles. The van der Waals surface area contributed by atoms with E-state index in [0.717, 1.165) is 32.1 Å². The van der Waals surface area contributed by atoms with Crippen molar-refractivity contribution in [1.29, 1.82) is 0 Å². The summed E-state index contributed by atoms with van der Waals surface area (Å²) in [6.07, 6.45) is -2.24. The first-order valence-electron chi connectivity index (χ1n) is 6.62. The van der Waals surface area contributed by atoms with Crippen LogP contribution in [0.1, 0.15) is 32.1 Å². The molecule has 0 aromatic rings.